The number of amides is 2. The van der Waals surface area contributed by atoms with Crippen LogP contribution in [-0.4, -0.2) is 63.3 Å². The van der Waals surface area contributed by atoms with Crippen LogP contribution in [0.2, 0.25) is 5.02 Å². The number of nitro groups is 1. The molecule has 1 aromatic carbocycles. The van der Waals surface area contributed by atoms with E-state index >= 15 is 0 Å². The molecule has 1 unspecified atom stereocenters. The number of carboxylic acid groups (broad SMARTS) is 1. The minimum atomic E-state index is -1.10. The van der Waals surface area contributed by atoms with Gasteiger partial charge in [0.2, 0.25) is 5.91 Å². The second kappa shape index (κ2) is 8.81. The van der Waals surface area contributed by atoms with Crippen molar-refractivity contribution in [2.45, 2.75) is 32.2 Å². The van der Waals surface area contributed by atoms with E-state index in [4.69, 9.17) is 16.7 Å². The first-order valence-electron chi connectivity index (χ1n) is 8.43. The third kappa shape index (κ3) is 5.16. The van der Waals surface area contributed by atoms with E-state index in [1.165, 1.54) is 28.9 Å². The molecule has 27 heavy (non-hydrogen) atoms. The van der Waals surface area contributed by atoms with Gasteiger partial charge in [-0.2, -0.15) is 0 Å². The lowest BCUT2D eigenvalue weighted by molar-refractivity contribution is -0.385. The number of likely N-dealkylation sites (tertiary alicyclic amines) is 1. The highest BCUT2D eigenvalue weighted by Crippen LogP contribution is 2.26. The quantitative estimate of drug-likeness (QED) is 0.600. The molecule has 1 atom stereocenters. The minimum Gasteiger partial charge on any atom is -0.480 e. The van der Waals surface area contributed by atoms with Gasteiger partial charge in [-0.25, -0.2) is 0 Å². The van der Waals surface area contributed by atoms with Gasteiger partial charge in [0.05, 0.1) is 4.92 Å². The third-order valence-corrected chi connectivity index (χ3v) is 4.76. The molecule has 0 saturated carbocycles. The number of carbonyl (C=O) groups is 3. The lowest BCUT2D eigenvalue weighted by atomic mass is 10.1. The number of carbonyl (C=O) groups excluding carboxylic acids is 2. The topological polar surface area (TPSA) is 121 Å². The SMILES string of the molecule is CC(=O)N(CC(=O)O)C1CCCN(C(=O)c2ccc(Cl)cc2[N+](=O)[O-])CC1. The molecule has 146 valence electrons. The van der Waals surface area contributed by atoms with Gasteiger partial charge in [-0.05, 0) is 31.4 Å². The number of nitro benzene ring substituents is 1. The van der Waals surface area contributed by atoms with Crippen molar-refractivity contribution in [3.05, 3.63) is 38.9 Å². The van der Waals surface area contributed by atoms with Gasteiger partial charge in [0, 0.05) is 37.1 Å². The normalized spacial score (nSPS) is 17.1. The lowest BCUT2D eigenvalue weighted by Crippen LogP contribution is -2.43. The van der Waals surface area contributed by atoms with E-state index < -0.39 is 23.3 Å². The largest absolute Gasteiger partial charge is 0.480 e. The standard InChI is InChI=1S/C17H20ClN3O6/c1-11(22)20(10-16(23)24)13-3-2-7-19(8-6-13)17(25)14-5-4-12(18)9-15(14)21(26)27/h4-5,9,13H,2-3,6-8,10H2,1H3,(H,23,24). The van der Waals surface area contributed by atoms with Gasteiger partial charge in [-0.1, -0.05) is 11.6 Å². The summed E-state index contributed by atoms with van der Waals surface area (Å²) < 4.78 is 0. The number of nitrogens with zero attached hydrogens (tertiary/aromatic N) is 3. The van der Waals surface area contributed by atoms with Crippen molar-refractivity contribution in [2.24, 2.45) is 0 Å². The molecule has 1 aromatic rings. The highest BCUT2D eigenvalue weighted by molar-refractivity contribution is 6.31. The van der Waals surface area contributed by atoms with E-state index in [0.29, 0.717) is 25.8 Å². The first-order valence-corrected chi connectivity index (χ1v) is 8.80. The molecule has 0 aliphatic carbocycles. The van der Waals surface area contributed by atoms with Gasteiger partial charge in [-0.15, -0.1) is 0 Å². The molecule has 1 aliphatic rings. The molecule has 0 spiro atoms. The van der Waals surface area contributed by atoms with Crippen LogP contribution < -0.4 is 0 Å². The Morgan fingerprint density at radius 2 is 2.04 bits per heavy atom. The zero-order valence-electron chi connectivity index (χ0n) is 14.8. The van der Waals surface area contributed by atoms with E-state index in [0.717, 1.165) is 6.07 Å². The summed E-state index contributed by atoms with van der Waals surface area (Å²) in [5.41, 5.74) is -0.402. The molecule has 1 saturated heterocycles. The van der Waals surface area contributed by atoms with Crippen molar-refractivity contribution >= 4 is 35.1 Å². The highest BCUT2D eigenvalue weighted by atomic mass is 35.5. The Labute approximate surface area is 160 Å². The predicted octanol–water partition coefficient (Wildman–Crippen LogP) is 2.18. The molecule has 1 N–H and O–H groups in total. The second-order valence-corrected chi connectivity index (χ2v) is 6.77. The maximum absolute atomic E-state index is 12.8. The maximum atomic E-state index is 12.8. The Kier molecular flexibility index (Phi) is 6.73. The molecule has 10 heteroatoms. The van der Waals surface area contributed by atoms with Crippen molar-refractivity contribution < 1.29 is 24.4 Å². The Balaban J connectivity index is 2.16. The number of benzene rings is 1. The number of aliphatic carboxylic acids is 1. The molecular weight excluding hydrogens is 378 g/mol. The Morgan fingerprint density at radius 1 is 1.33 bits per heavy atom. The van der Waals surface area contributed by atoms with E-state index in [-0.39, 0.29) is 34.8 Å². The first-order chi connectivity index (χ1) is 12.7. The number of rotatable bonds is 5. The van der Waals surface area contributed by atoms with E-state index in [9.17, 15) is 24.5 Å². The molecule has 1 aliphatic heterocycles. The van der Waals surface area contributed by atoms with Crippen molar-refractivity contribution in [3.8, 4) is 0 Å². The van der Waals surface area contributed by atoms with Crippen LogP contribution in [0.1, 0.15) is 36.5 Å². The van der Waals surface area contributed by atoms with Crippen molar-refractivity contribution in [1.82, 2.24) is 9.80 Å². The van der Waals surface area contributed by atoms with Gasteiger partial charge < -0.3 is 14.9 Å². The van der Waals surface area contributed by atoms with Gasteiger partial charge in [0.1, 0.15) is 12.1 Å². The van der Waals surface area contributed by atoms with Gasteiger partial charge in [0.15, 0.2) is 0 Å². The van der Waals surface area contributed by atoms with Crippen LogP contribution in [0.5, 0.6) is 0 Å². The maximum Gasteiger partial charge on any atom is 0.323 e. The molecular formula is C17H20ClN3O6. The summed E-state index contributed by atoms with van der Waals surface area (Å²) in [5, 5.41) is 20.4. The summed E-state index contributed by atoms with van der Waals surface area (Å²) in [6.07, 6.45) is 1.51. The second-order valence-electron chi connectivity index (χ2n) is 6.34. The average Bonchev–Trinajstić information content (AvgIpc) is 2.84. The number of hydrogen-bond donors (Lipinski definition) is 1. The fourth-order valence-electron chi connectivity index (χ4n) is 3.24. The molecule has 0 bridgehead atoms. The van der Waals surface area contributed by atoms with E-state index in [1.807, 2.05) is 0 Å². The minimum absolute atomic E-state index is 0.0446. The van der Waals surface area contributed by atoms with Crippen molar-refractivity contribution in [2.75, 3.05) is 19.6 Å². The van der Waals surface area contributed by atoms with E-state index in [1.54, 1.807) is 0 Å². The number of halogens is 1. The predicted molar refractivity (Wildman–Crippen MR) is 96.7 cm³/mol. The van der Waals surface area contributed by atoms with Crippen LogP contribution in [0.15, 0.2) is 18.2 Å². The van der Waals surface area contributed by atoms with Crippen molar-refractivity contribution in [3.63, 3.8) is 0 Å². The summed E-state index contributed by atoms with van der Waals surface area (Å²) in [7, 11) is 0. The third-order valence-electron chi connectivity index (χ3n) is 4.52. The Bertz CT molecular complexity index is 769. The van der Waals surface area contributed by atoms with Gasteiger partial charge in [0.25, 0.3) is 11.6 Å². The van der Waals surface area contributed by atoms with Crippen LogP contribution in [0, 0.1) is 10.1 Å². The van der Waals surface area contributed by atoms with Crippen LogP contribution in [-0.2, 0) is 9.59 Å². The highest BCUT2D eigenvalue weighted by Gasteiger charge is 2.30. The van der Waals surface area contributed by atoms with Crippen molar-refractivity contribution in [1.29, 1.82) is 0 Å². The van der Waals surface area contributed by atoms with Crippen LogP contribution in [0.3, 0.4) is 0 Å². The van der Waals surface area contributed by atoms with Crippen LogP contribution in [0.25, 0.3) is 0 Å². The first kappa shape index (κ1) is 20.6. The Hall–Kier alpha value is -2.68. The Morgan fingerprint density at radius 3 is 2.63 bits per heavy atom. The zero-order chi connectivity index (χ0) is 20.1. The van der Waals surface area contributed by atoms with Gasteiger partial charge in [-0.3, -0.25) is 24.5 Å². The summed E-state index contributed by atoms with van der Waals surface area (Å²) >= 11 is 5.79. The van der Waals surface area contributed by atoms with Gasteiger partial charge >= 0.3 is 5.97 Å². The number of carboxylic acids is 1. The molecule has 1 fully saturated rings. The van der Waals surface area contributed by atoms with Crippen LogP contribution in [0.4, 0.5) is 5.69 Å². The number of hydrogen-bond acceptors (Lipinski definition) is 5. The monoisotopic (exact) mass is 397 g/mol. The molecule has 0 radical (unpaired) electrons. The lowest BCUT2D eigenvalue weighted by Gasteiger charge is -2.28. The molecule has 2 rings (SSSR count). The zero-order valence-corrected chi connectivity index (χ0v) is 15.5. The summed E-state index contributed by atoms with van der Waals surface area (Å²) in [6.45, 7) is 1.56. The molecule has 1 heterocycles. The summed E-state index contributed by atoms with van der Waals surface area (Å²) in [6, 6.07) is 3.60. The summed E-state index contributed by atoms with van der Waals surface area (Å²) in [4.78, 5) is 48.9. The molecule has 9 nitrogen and oxygen atoms in total. The smallest absolute Gasteiger partial charge is 0.323 e. The fourth-order valence-corrected chi connectivity index (χ4v) is 3.41. The van der Waals surface area contributed by atoms with Crippen LogP contribution >= 0.6 is 11.6 Å². The fraction of sp³-hybridized carbons (Fsp3) is 0.471. The average molecular weight is 398 g/mol. The summed E-state index contributed by atoms with van der Waals surface area (Å²) in [5.74, 6) is -1.92. The van der Waals surface area contributed by atoms with E-state index in [2.05, 4.69) is 0 Å². The molecule has 0 aromatic heterocycles. The molecule has 2 amide bonds.